The van der Waals surface area contributed by atoms with Crippen LogP contribution < -0.4 is 10.6 Å². The molecule has 1 heterocycles. The van der Waals surface area contributed by atoms with Crippen molar-refractivity contribution in [2.45, 2.75) is 12.8 Å². The Morgan fingerprint density at radius 3 is 2.71 bits per heavy atom. The van der Waals surface area contributed by atoms with Crippen molar-refractivity contribution in [2.24, 2.45) is 5.92 Å². The van der Waals surface area contributed by atoms with Gasteiger partial charge in [-0.2, -0.15) is 0 Å². The number of nitrogens with zero attached hydrogens (tertiary/aromatic N) is 1. The lowest BCUT2D eigenvalue weighted by atomic mass is 9.98. The number of amides is 2. The smallest absolute Gasteiger partial charge is 0.251 e. The Hall–Kier alpha value is -1.88. The van der Waals surface area contributed by atoms with Crippen LogP contribution in [0.15, 0.2) is 30.3 Å². The SMILES string of the molecule is CN1CCCC(CNC(=O)CNC(=O)c2ccccc2)C1. The first kappa shape index (κ1) is 15.5. The highest BCUT2D eigenvalue weighted by Crippen LogP contribution is 2.13. The van der Waals surface area contributed by atoms with E-state index in [0.29, 0.717) is 18.0 Å². The van der Waals surface area contributed by atoms with Gasteiger partial charge in [-0.15, -0.1) is 0 Å². The monoisotopic (exact) mass is 289 g/mol. The van der Waals surface area contributed by atoms with Gasteiger partial charge in [0, 0.05) is 18.7 Å². The molecule has 1 unspecified atom stereocenters. The lowest BCUT2D eigenvalue weighted by Crippen LogP contribution is -2.42. The first-order valence-electron chi connectivity index (χ1n) is 7.43. The Bertz CT molecular complexity index is 476. The predicted molar refractivity (Wildman–Crippen MR) is 82.0 cm³/mol. The minimum atomic E-state index is -0.219. The number of likely N-dealkylation sites (tertiary alicyclic amines) is 1. The molecule has 0 aliphatic carbocycles. The summed E-state index contributed by atoms with van der Waals surface area (Å²) in [4.78, 5) is 25.9. The van der Waals surface area contributed by atoms with Gasteiger partial charge in [0.15, 0.2) is 0 Å². The van der Waals surface area contributed by atoms with E-state index in [0.717, 1.165) is 19.5 Å². The van der Waals surface area contributed by atoms with E-state index in [1.165, 1.54) is 6.42 Å². The van der Waals surface area contributed by atoms with Crippen molar-refractivity contribution in [3.05, 3.63) is 35.9 Å². The van der Waals surface area contributed by atoms with Crippen molar-refractivity contribution in [1.82, 2.24) is 15.5 Å². The molecular formula is C16H23N3O2. The van der Waals surface area contributed by atoms with Crippen LogP contribution in [0.2, 0.25) is 0 Å². The van der Waals surface area contributed by atoms with E-state index in [9.17, 15) is 9.59 Å². The lowest BCUT2D eigenvalue weighted by molar-refractivity contribution is -0.120. The molecule has 1 aliphatic rings. The Balaban J connectivity index is 1.67. The molecule has 2 N–H and O–H groups in total. The molecule has 1 aromatic carbocycles. The van der Waals surface area contributed by atoms with Crippen molar-refractivity contribution in [2.75, 3.05) is 33.2 Å². The summed E-state index contributed by atoms with van der Waals surface area (Å²) in [6, 6.07) is 8.91. The summed E-state index contributed by atoms with van der Waals surface area (Å²) in [5.41, 5.74) is 0.569. The van der Waals surface area contributed by atoms with Gasteiger partial charge < -0.3 is 15.5 Å². The molecule has 0 bridgehead atoms. The zero-order valence-corrected chi connectivity index (χ0v) is 12.5. The largest absolute Gasteiger partial charge is 0.354 e. The molecule has 1 saturated heterocycles. The number of nitrogens with one attached hydrogen (secondary N) is 2. The van der Waals surface area contributed by atoms with Crippen LogP contribution in [0.3, 0.4) is 0 Å². The van der Waals surface area contributed by atoms with Gasteiger partial charge in [0.25, 0.3) is 5.91 Å². The Kier molecular flexibility index (Phi) is 5.75. The minimum Gasteiger partial charge on any atom is -0.354 e. The summed E-state index contributed by atoms with van der Waals surface area (Å²) < 4.78 is 0. The maximum absolute atomic E-state index is 11.8. The Labute approximate surface area is 125 Å². The van der Waals surface area contributed by atoms with Crippen LogP contribution in [-0.4, -0.2) is 49.9 Å². The summed E-state index contributed by atoms with van der Waals surface area (Å²) in [5.74, 6) is 0.160. The average molecular weight is 289 g/mol. The third-order valence-corrected chi connectivity index (χ3v) is 3.76. The highest BCUT2D eigenvalue weighted by atomic mass is 16.2. The second-order valence-corrected chi connectivity index (χ2v) is 5.62. The summed E-state index contributed by atoms with van der Waals surface area (Å²) in [7, 11) is 2.11. The number of piperidine rings is 1. The number of rotatable bonds is 5. The summed E-state index contributed by atoms with van der Waals surface area (Å²) in [5, 5.41) is 5.53. The third-order valence-electron chi connectivity index (χ3n) is 3.76. The summed E-state index contributed by atoms with van der Waals surface area (Å²) in [6.45, 7) is 2.87. The molecule has 21 heavy (non-hydrogen) atoms. The van der Waals surface area contributed by atoms with Gasteiger partial charge in [-0.25, -0.2) is 0 Å². The molecule has 1 fully saturated rings. The maximum atomic E-state index is 11.8. The molecule has 0 radical (unpaired) electrons. The van der Waals surface area contributed by atoms with Gasteiger partial charge in [0.1, 0.15) is 0 Å². The molecule has 1 aromatic rings. The normalized spacial score (nSPS) is 19.0. The quantitative estimate of drug-likeness (QED) is 0.846. The standard InChI is InChI=1S/C16H23N3O2/c1-19-9-5-6-13(12-19)10-17-15(20)11-18-16(21)14-7-3-2-4-8-14/h2-4,7-8,13H,5-6,9-12H2,1H3,(H,17,20)(H,18,21). The highest BCUT2D eigenvalue weighted by Gasteiger charge is 2.17. The number of hydrogen-bond donors (Lipinski definition) is 2. The van der Waals surface area contributed by atoms with E-state index in [-0.39, 0.29) is 18.4 Å². The second kappa shape index (κ2) is 7.78. The van der Waals surface area contributed by atoms with E-state index < -0.39 is 0 Å². The van der Waals surface area contributed by atoms with Crippen LogP contribution in [0.1, 0.15) is 23.2 Å². The van der Waals surface area contributed by atoms with Gasteiger partial charge in [-0.05, 0) is 44.5 Å². The first-order valence-corrected chi connectivity index (χ1v) is 7.43. The van der Waals surface area contributed by atoms with E-state index in [1.54, 1.807) is 24.3 Å². The molecule has 114 valence electrons. The van der Waals surface area contributed by atoms with Crippen molar-refractivity contribution in [3.63, 3.8) is 0 Å². The molecule has 2 rings (SSSR count). The summed E-state index contributed by atoms with van der Waals surface area (Å²) in [6.07, 6.45) is 2.34. The zero-order chi connectivity index (χ0) is 15.1. The topological polar surface area (TPSA) is 61.4 Å². The molecule has 2 amide bonds. The van der Waals surface area contributed by atoms with Crippen molar-refractivity contribution >= 4 is 11.8 Å². The van der Waals surface area contributed by atoms with E-state index in [4.69, 9.17) is 0 Å². The maximum Gasteiger partial charge on any atom is 0.251 e. The molecular weight excluding hydrogens is 266 g/mol. The molecule has 5 nitrogen and oxygen atoms in total. The van der Waals surface area contributed by atoms with Crippen molar-refractivity contribution < 1.29 is 9.59 Å². The van der Waals surface area contributed by atoms with Crippen molar-refractivity contribution in [3.8, 4) is 0 Å². The fraction of sp³-hybridized carbons (Fsp3) is 0.500. The van der Waals surface area contributed by atoms with Crippen LogP contribution in [0.5, 0.6) is 0 Å². The van der Waals surface area contributed by atoms with E-state index in [2.05, 4.69) is 22.6 Å². The number of hydrogen-bond acceptors (Lipinski definition) is 3. The van der Waals surface area contributed by atoms with E-state index >= 15 is 0 Å². The van der Waals surface area contributed by atoms with Crippen LogP contribution in [0.4, 0.5) is 0 Å². The fourth-order valence-corrected chi connectivity index (χ4v) is 2.61. The molecule has 0 spiro atoms. The third kappa shape index (κ3) is 5.19. The highest BCUT2D eigenvalue weighted by molar-refractivity contribution is 5.96. The fourth-order valence-electron chi connectivity index (χ4n) is 2.61. The van der Waals surface area contributed by atoms with Crippen LogP contribution >= 0.6 is 0 Å². The number of benzene rings is 1. The zero-order valence-electron chi connectivity index (χ0n) is 12.5. The molecule has 1 aliphatic heterocycles. The summed E-state index contributed by atoms with van der Waals surface area (Å²) >= 11 is 0. The minimum absolute atomic E-state index is 0.0241. The first-order chi connectivity index (χ1) is 10.1. The van der Waals surface area contributed by atoms with Crippen LogP contribution in [0.25, 0.3) is 0 Å². The van der Waals surface area contributed by atoms with Gasteiger partial charge in [0.2, 0.25) is 5.91 Å². The second-order valence-electron chi connectivity index (χ2n) is 5.62. The lowest BCUT2D eigenvalue weighted by Gasteiger charge is -2.29. The van der Waals surface area contributed by atoms with Gasteiger partial charge in [-0.3, -0.25) is 9.59 Å². The van der Waals surface area contributed by atoms with E-state index in [1.807, 2.05) is 6.07 Å². The molecule has 5 heteroatoms. The molecule has 1 atom stereocenters. The average Bonchev–Trinajstić information content (AvgIpc) is 2.51. The van der Waals surface area contributed by atoms with Crippen LogP contribution in [-0.2, 0) is 4.79 Å². The Morgan fingerprint density at radius 2 is 2.00 bits per heavy atom. The molecule has 0 saturated carbocycles. The Morgan fingerprint density at radius 1 is 1.24 bits per heavy atom. The van der Waals surface area contributed by atoms with Gasteiger partial charge >= 0.3 is 0 Å². The molecule has 0 aromatic heterocycles. The van der Waals surface area contributed by atoms with Crippen LogP contribution in [0, 0.1) is 5.92 Å². The number of carbonyl (C=O) groups is 2. The van der Waals surface area contributed by atoms with Crippen molar-refractivity contribution in [1.29, 1.82) is 0 Å². The van der Waals surface area contributed by atoms with Gasteiger partial charge in [-0.1, -0.05) is 18.2 Å². The predicted octanol–water partition coefficient (Wildman–Crippen LogP) is 0.874. The number of carbonyl (C=O) groups excluding carboxylic acids is 2. The van der Waals surface area contributed by atoms with Gasteiger partial charge in [0.05, 0.1) is 6.54 Å².